The van der Waals surface area contributed by atoms with Crippen molar-refractivity contribution in [1.29, 1.82) is 0 Å². The van der Waals surface area contributed by atoms with E-state index in [2.05, 4.69) is 42.4 Å². The van der Waals surface area contributed by atoms with Gasteiger partial charge in [-0.1, -0.05) is 32.0 Å². The number of pyridine rings is 1. The molecule has 39 heavy (non-hydrogen) atoms. The molecular weight excluding hydrogens is 486 g/mol. The quantitative estimate of drug-likeness (QED) is 0.325. The van der Waals surface area contributed by atoms with Crippen molar-refractivity contribution < 1.29 is 4.79 Å². The van der Waals surface area contributed by atoms with E-state index in [9.17, 15) is 4.79 Å². The fourth-order valence-corrected chi connectivity index (χ4v) is 4.28. The first kappa shape index (κ1) is 27.9. The molecule has 0 unspecified atom stereocenters. The molecular formula is C31H37N7O. The Bertz CT molecular complexity index is 1350. The number of benzene rings is 2. The second-order valence-corrected chi connectivity index (χ2v) is 9.39. The first-order valence-corrected chi connectivity index (χ1v) is 13.5. The maximum Gasteiger partial charge on any atom is 0.255 e. The largest absolute Gasteiger partial charge is 0.324 e. The van der Waals surface area contributed by atoms with Crippen LogP contribution in [-0.4, -0.2) is 63.9 Å². The Morgan fingerprint density at radius 3 is 2.44 bits per heavy atom. The van der Waals surface area contributed by atoms with Crippen LogP contribution in [0.15, 0.2) is 79.3 Å². The Labute approximate surface area is 231 Å². The summed E-state index contributed by atoms with van der Waals surface area (Å²) in [4.78, 5) is 30.9. The number of hydrogen-bond acceptors (Lipinski definition) is 7. The molecule has 2 aromatic carbocycles. The molecule has 0 spiro atoms. The van der Waals surface area contributed by atoms with Gasteiger partial charge in [0, 0.05) is 73.8 Å². The van der Waals surface area contributed by atoms with Crippen LogP contribution in [0.5, 0.6) is 0 Å². The van der Waals surface area contributed by atoms with Gasteiger partial charge in [-0.15, -0.1) is 0 Å². The maximum absolute atomic E-state index is 12.9. The molecule has 8 heteroatoms. The average molecular weight is 524 g/mol. The summed E-state index contributed by atoms with van der Waals surface area (Å²) >= 11 is 0. The lowest BCUT2D eigenvalue weighted by atomic mass is 10.1. The van der Waals surface area contributed by atoms with E-state index in [0.29, 0.717) is 17.2 Å². The number of likely N-dealkylation sites (N-methyl/N-ethyl adjacent to an activating group) is 1. The lowest BCUT2D eigenvalue weighted by molar-refractivity contribution is 0.102. The van der Waals surface area contributed by atoms with Crippen LogP contribution < -0.4 is 10.6 Å². The number of nitrogens with zero attached hydrogens (tertiary/aromatic N) is 5. The second kappa shape index (κ2) is 13.6. The highest BCUT2D eigenvalue weighted by Crippen LogP contribution is 2.24. The zero-order valence-electron chi connectivity index (χ0n) is 23.2. The SMILES string of the molecule is CC.Cc1ccc(NC(=O)c2ccc(CN3CCN(C)CC3)cc2)cc1Nc1nccc(-c2cccnc2)n1. The number of anilines is 3. The summed E-state index contributed by atoms with van der Waals surface area (Å²) < 4.78 is 0. The predicted octanol–water partition coefficient (Wildman–Crippen LogP) is 5.62. The highest BCUT2D eigenvalue weighted by molar-refractivity contribution is 6.04. The maximum atomic E-state index is 12.9. The highest BCUT2D eigenvalue weighted by atomic mass is 16.1. The summed E-state index contributed by atoms with van der Waals surface area (Å²) in [5.74, 6) is 0.333. The van der Waals surface area contributed by atoms with Crippen molar-refractivity contribution in [2.45, 2.75) is 27.3 Å². The second-order valence-electron chi connectivity index (χ2n) is 9.39. The lowest BCUT2D eigenvalue weighted by Gasteiger charge is -2.32. The van der Waals surface area contributed by atoms with Crippen molar-refractivity contribution in [3.05, 3.63) is 95.9 Å². The molecule has 5 rings (SSSR count). The number of carbonyl (C=O) groups is 1. The third-order valence-electron chi connectivity index (χ3n) is 6.57. The van der Waals surface area contributed by atoms with E-state index in [4.69, 9.17) is 0 Å². The summed E-state index contributed by atoms with van der Waals surface area (Å²) in [5, 5.41) is 6.29. The summed E-state index contributed by atoms with van der Waals surface area (Å²) in [6, 6.07) is 19.3. The monoisotopic (exact) mass is 523 g/mol. The van der Waals surface area contributed by atoms with Gasteiger partial charge < -0.3 is 15.5 Å². The summed E-state index contributed by atoms with van der Waals surface area (Å²) in [6.07, 6.45) is 5.22. The molecule has 2 aromatic heterocycles. The molecule has 1 aliphatic heterocycles. The van der Waals surface area contributed by atoms with E-state index in [1.54, 1.807) is 18.6 Å². The number of hydrogen-bond donors (Lipinski definition) is 2. The molecule has 3 heterocycles. The summed E-state index contributed by atoms with van der Waals surface area (Å²) in [6.45, 7) is 11.2. The molecule has 0 aliphatic carbocycles. The van der Waals surface area contributed by atoms with E-state index in [1.807, 2.05) is 81.4 Å². The van der Waals surface area contributed by atoms with Crippen LogP contribution >= 0.6 is 0 Å². The first-order chi connectivity index (χ1) is 19.0. The number of piperazine rings is 1. The molecule has 1 aliphatic rings. The smallest absolute Gasteiger partial charge is 0.255 e. The number of aromatic nitrogens is 3. The average Bonchev–Trinajstić information content (AvgIpc) is 2.98. The van der Waals surface area contributed by atoms with Crippen LogP contribution in [0.25, 0.3) is 11.3 Å². The van der Waals surface area contributed by atoms with Gasteiger partial charge in [-0.2, -0.15) is 0 Å². The van der Waals surface area contributed by atoms with Crippen molar-refractivity contribution in [2.75, 3.05) is 43.9 Å². The third-order valence-corrected chi connectivity index (χ3v) is 6.57. The molecule has 2 N–H and O–H groups in total. The minimum absolute atomic E-state index is 0.143. The molecule has 0 bridgehead atoms. The molecule has 0 radical (unpaired) electrons. The van der Waals surface area contributed by atoms with Crippen molar-refractivity contribution in [2.24, 2.45) is 0 Å². The van der Waals surface area contributed by atoms with Gasteiger partial charge in [-0.05, 0) is 67.6 Å². The van der Waals surface area contributed by atoms with Crippen LogP contribution in [0, 0.1) is 6.92 Å². The van der Waals surface area contributed by atoms with Crippen molar-refractivity contribution in [3.8, 4) is 11.3 Å². The van der Waals surface area contributed by atoms with Crippen LogP contribution in [0.3, 0.4) is 0 Å². The topological polar surface area (TPSA) is 86.3 Å². The fraction of sp³-hybridized carbons (Fsp3) is 0.290. The summed E-state index contributed by atoms with van der Waals surface area (Å²) in [5.41, 5.74) is 6.08. The van der Waals surface area contributed by atoms with Gasteiger partial charge in [0.1, 0.15) is 0 Å². The molecule has 202 valence electrons. The van der Waals surface area contributed by atoms with Gasteiger partial charge in [0.05, 0.1) is 5.69 Å². The molecule has 0 atom stereocenters. The molecule has 4 aromatic rings. The number of carbonyl (C=O) groups excluding carboxylic acids is 1. The Kier molecular flexibility index (Phi) is 9.72. The molecule has 0 saturated carbocycles. The van der Waals surface area contributed by atoms with E-state index in [1.165, 1.54) is 5.56 Å². The molecule has 8 nitrogen and oxygen atoms in total. The van der Waals surface area contributed by atoms with Gasteiger partial charge in [0.2, 0.25) is 5.95 Å². The molecule has 1 amide bonds. The Hall–Kier alpha value is -4.14. The highest BCUT2D eigenvalue weighted by Gasteiger charge is 2.14. The third kappa shape index (κ3) is 7.69. The van der Waals surface area contributed by atoms with Gasteiger partial charge in [-0.25, -0.2) is 9.97 Å². The lowest BCUT2D eigenvalue weighted by Crippen LogP contribution is -2.43. The van der Waals surface area contributed by atoms with Gasteiger partial charge >= 0.3 is 0 Å². The number of nitrogens with one attached hydrogen (secondary N) is 2. The minimum Gasteiger partial charge on any atom is -0.324 e. The first-order valence-electron chi connectivity index (χ1n) is 13.5. The zero-order valence-corrected chi connectivity index (χ0v) is 23.2. The van der Waals surface area contributed by atoms with Crippen LogP contribution in [0.2, 0.25) is 0 Å². The van der Waals surface area contributed by atoms with E-state index >= 15 is 0 Å². The Balaban J connectivity index is 0.00000172. The van der Waals surface area contributed by atoms with Crippen molar-refractivity contribution in [1.82, 2.24) is 24.8 Å². The number of amides is 1. The van der Waals surface area contributed by atoms with Crippen LogP contribution in [0.1, 0.15) is 35.3 Å². The van der Waals surface area contributed by atoms with Gasteiger partial charge in [0.15, 0.2) is 0 Å². The number of aryl methyl sites for hydroxylation is 1. The van der Waals surface area contributed by atoms with Gasteiger partial charge in [0.25, 0.3) is 5.91 Å². The van der Waals surface area contributed by atoms with Crippen molar-refractivity contribution in [3.63, 3.8) is 0 Å². The minimum atomic E-state index is -0.143. The molecule has 1 saturated heterocycles. The Morgan fingerprint density at radius 1 is 0.949 bits per heavy atom. The predicted molar refractivity (Wildman–Crippen MR) is 158 cm³/mol. The van der Waals surface area contributed by atoms with E-state index in [-0.39, 0.29) is 5.91 Å². The van der Waals surface area contributed by atoms with Crippen LogP contribution in [0.4, 0.5) is 17.3 Å². The zero-order chi connectivity index (χ0) is 27.6. The normalized spacial score (nSPS) is 13.7. The summed E-state index contributed by atoms with van der Waals surface area (Å²) in [7, 11) is 2.16. The van der Waals surface area contributed by atoms with E-state index < -0.39 is 0 Å². The molecule has 1 fully saturated rings. The Morgan fingerprint density at radius 2 is 1.72 bits per heavy atom. The standard InChI is InChI=1S/C29H31N7O.C2H6/c1-21-5-10-25(18-27(21)34-29-31-13-11-26(33-29)24-4-3-12-30-19-24)32-28(37)23-8-6-22(7-9-23)20-36-16-14-35(2)15-17-36;1-2/h3-13,18-19H,14-17,20H2,1-2H3,(H,32,37)(H,31,33,34);1-2H3. The number of rotatable bonds is 7. The van der Waals surface area contributed by atoms with Gasteiger partial charge in [-0.3, -0.25) is 14.7 Å². The van der Waals surface area contributed by atoms with E-state index in [0.717, 1.165) is 55.2 Å². The van der Waals surface area contributed by atoms with Crippen molar-refractivity contribution >= 4 is 23.2 Å². The fourth-order valence-electron chi connectivity index (χ4n) is 4.28. The van der Waals surface area contributed by atoms with Crippen LogP contribution in [-0.2, 0) is 6.54 Å².